The lowest BCUT2D eigenvalue weighted by atomic mass is 10.1. The summed E-state index contributed by atoms with van der Waals surface area (Å²) in [6, 6.07) is 19.1. The molecule has 0 saturated heterocycles. The van der Waals surface area contributed by atoms with Gasteiger partial charge in [-0.25, -0.2) is 0 Å². The Morgan fingerprint density at radius 3 is 2.50 bits per heavy atom. The van der Waals surface area contributed by atoms with E-state index >= 15 is 0 Å². The van der Waals surface area contributed by atoms with Crippen LogP contribution >= 0.6 is 11.3 Å². The van der Waals surface area contributed by atoms with E-state index < -0.39 is 6.18 Å². The van der Waals surface area contributed by atoms with E-state index in [9.17, 15) is 13.2 Å². The molecule has 0 aliphatic carbocycles. The van der Waals surface area contributed by atoms with E-state index in [4.69, 9.17) is 4.74 Å². The normalized spacial score (nSPS) is 12.6. The molecular weight excluding hydrogens is 383 g/mol. The first-order valence-corrected chi connectivity index (χ1v) is 9.82. The molecule has 28 heavy (non-hydrogen) atoms. The zero-order valence-electron chi connectivity index (χ0n) is 15.8. The molecule has 148 valence electrons. The lowest BCUT2D eigenvalue weighted by Gasteiger charge is -2.06. The Morgan fingerprint density at radius 1 is 1.07 bits per heavy atom. The molecule has 1 N–H and O–H groups in total. The first kappa shape index (κ1) is 20.3. The van der Waals surface area contributed by atoms with Crippen molar-refractivity contribution in [3.8, 4) is 16.9 Å². The van der Waals surface area contributed by atoms with Crippen molar-refractivity contribution in [1.29, 1.82) is 0 Å². The minimum absolute atomic E-state index is 0.188. The summed E-state index contributed by atoms with van der Waals surface area (Å²) in [6.45, 7) is 4.03. The number of hydrogen-bond acceptors (Lipinski definition) is 3. The van der Waals surface area contributed by atoms with Crippen LogP contribution in [0.2, 0.25) is 0 Å². The van der Waals surface area contributed by atoms with Crippen molar-refractivity contribution < 1.29 is 17.9 Å². The number of halogens is 3. The number of alkyl halides is 3. The minimum Gasteiger partial charge on any atom is -0.488 e. The van der Waals surface area contributed by atoms with E-state index in [1.807, 2.05) is 11.3 Å². The van der Waals surface area contributed by atoms with Gasteiger partial charge in [-0.1, -0.05) is 30.3 Å². The summed E-state index contributed by atoms with van der Waals surface area (Å²) in [6.07, 6.45) is -2.91. The molecule has 0 fully saturated rings. The van der Waals surface area contributed by atoms with Gasteiger partial charge in [0.15, 0.2) is 0 Å². The van der Waals surface area contributed by atoms with Crippen molar-refractivity contribution in [3.63, 3.8) is 0 Å². The number of rotatable bonds is 4. The van der Waals surface area contributed by atoms with E-state index in [1.54, 1.807) is 0 Å². The maximum absolute atomic E-state index is 10.4. The maximum Gasteiger partial charge on any atom is 0.386 e. The van der Waals surface area contributed by atoms with Gasteiger partial charge in [-0.15, -0.1) is 11.3 Å². The quantitative estimate of drug-likeness (QED) is 0.513. The number of anilines is 1. The van der Waals surface area contributed by atoms with E-state index in [2.05, 4.69) is 66.8 Å². The van der Waals surface area contributed by atoms with Gasteiger partial charge < -0.3 is 10.1 Å². The third-order valence-corrected chi connectivity index (χ3v) is 5.25. The predicted molar refractivity (Wildman–Crippen MR) is 109 cm³/mol. The first-order chi connectivity index (χ1) is 13.3. The third-order valence-electron chi connectivity index (χ3n) is 4.22. The van der Waals surface area contributed by atoms with Crippen molar-refractivity contribution in [2.75, 3.05) is 11.9 Å². The summed E-state index contributed by atoms with van der Waals surface area (Å²) in [5.41, 5.74) is 5.19. The fraction of sp³-hybridized carbons (Fsp3) is 0.273. The fourth-order valence-electron chi connectivity index (χ4n) is 3.04. The van der Waals surface area contributed by atoms with Gasteiger partial charge in [-0.05, 0) is 54.3 Å². The van der Waals surface area contributed by atoms with E-state index in [0.29, 0.717) is 6.61 Å². The summed E-state index contributed by atoms with van der Waals surface area (Å²) in [5, 5.41) is 3.38. The molecule has 2 nitrogen and oxygen atoms in total. The van der Waals surface area contributed by atoms with Crippen LogP contribution in [-0.2, 0) is 13.0 Å². The maximum atomic E-state index is 10.4. The zero-order chi connectivity index (χ0) is 20.1. The highest BCUT2D eigenvalue weighted by molar-refractivity contribution is 7.12. The molecule has 0 saturated carbocycles. The Bertz CT molecular complexity index is 913. The van der Waals surface area contributed by atoms with Crippen LogP contribution in [0.4, 0.5) is 18.9 Å². The van der Waals surface area contributed by atoms with Crippen molar-refractivity contribution in [3.05, 3.63) is 69.9 Å². The van der Waals surface area contributed by atoms with Gasteiger partial charge in [0.2, 0.25) is 0 Å². The van der Waals surface area contributed by atoms with Crippen LogP contribution in [0.1, 0.15) is 22.2 Å². The largest absolute Gasteiger partial charge is 0.488 e. The van der Waals surface area contributed by atoms with Gasteiger partial charge in [0.05, 0.1) is 0 Å². The number of aryl methyl sites for hydroxylation is 1. The minimum atomic E-state index is -4.00. The molecule has 4 rings (SSSR count). The van der Waals surface area contributed by atoms with E-state index in [0.717, 1.165) is 18.7 Å². The second kappa shape index (κ2) is 8.69. The Balaban J connectivity index is 0.000000403. The molecular formula is C22H22F3NOS. The Hall–Kier alpha value is -2.47. The van der Waals surface area contributed by atoms with Gasteiger partial charge in [0, 0.05) is 28.9 Å². The number of nitrogens with one attached hydrogen (secondary N) is 1. The van der Waals surface area contributed by atoms with Crippen molar-refractivity contribution >= 4 is 17.0 Å². The molecule has 0 unspecified atom stereocenters. The van der Waals surface area contributed by atoms with E-state index in [-0.39, 0.29) is 6.92 Å². The highest BCUT2D eigenvalue weighted by Crippen LogP contribution is 2.32. The second-order valence-electron chi connectivity index (χ2n) is 6.61. The molecule has 0 atom stereocenters. The number of benzene rings is 2. The second-order valence-corrected chi connectivity index (χ2v) is 7.96. The van der Waals surface area contributed by atoms with Crippen molar-refractivity contribution in [2.24, 2.45) is 0 Å². The lowest BCUT2D eigenvalue weighted by Crippen LogP contribution is -1.95. The molecule has 0 radical (unpaired) electrons. The Morgan fingerprint density at radius 2 is 1.79 bits per heavy atom. The lowest BCUT2D eigenvalue weighted by molar-refractivity contribution is -0.110. The van der Waals surface area contributed by atoms with Crippen LogP contribution in [0.25, 0.3) is 11.1 Å². The molecule has 1 aromatic heterocycles. The molecule has 0 spiro atoms. The molecule has 1 aliphatic rings. The van der Waals surface area contributed by atoms with Crippen LogP contribution in [0.5, 0.6) is 5.75 Å². The van der Waals surface area contributed by atoms with Crippen molar-refractivity contribution in [2.45, 2.75) is 33.1 Å². The number of fused-ring (bicyclic) bond motifs is 1. The fourth-order valence-corrected chi connectivity index (χ4v) is 4.02. The van der Waals surface area contributed by atoms with Gasteiger partial charge in [0.1, 0.15) is 12.4 Å². The van der Waals surface area contributed by atoms with Crippen LogP contribution in [0.3, 0.4) is 0 Å². The Kier molecular flexibility index (Phi) is 6.29. The van der Waals surface area contributed by atoms with Gasteiger partial charge in [-0.3, -0.25) is 0 Å². The average Bonchev–Trinajstić information content (AvgIpc) is 3.25. The van der Waals surface area contributed by atoms with Crippen LogP contribution < -0.4 is 10.1 Å². The smallest absolute Gasteiger partial charge is 0.386 e. The first-order valence-electron chi connectivity index (χ1n) is 9.00. The zero-order valence-corrected chi connectivity index (χ0v) is 16.6. The standard InChI is InChI=1S/C20H19NOS.C2H3F3/c1-14-19(15-5-3-2-4-6-15)12-18(23-14)13-22-17-7-8-20-16(11-17)9-10-21-20;1-2(3,4)5/h2-8,11-12,21H,9-10,13H2,1H3;1H3. The monoisotopic (exact) mass is 405 g/mol. The SMILES string of the molecule is CC(F)(F)F.Cc1sc(COc2ccc3c(c2)CCN3)cc1-c1ccccc1. The molecule has 3 aromatic rings. The molecule has 1 aliphatic heterocycles. The Labute approximate surface area is 167 Å². The van der Waals surface area contributed by atoms with Crippen molar-refractivity contribution in [1.82, 2.24) is 0 Å². The van der Waals surface area contributed by atoms with Gasteiger partial charge in [-0.2, -0.15) is 13.2 Å². The summed E-state index contributed by atoms with van der Waals surface area (Å²) < 4.78 is 37.1. The van der Waals surface area contributed by atoms with E-state index in [1.165, 1.54) is 32.1 Å². The summed E-state index contributed by atoms with van der Waals surface area (Å²) in [7, 11) is 0. The molecule has 2 heterocycles. The number of ether oxygens (including phenoxy) is 1. The topological polar surface area (TPSA) is 21.3 Å². The van der Waals surface area contributed by atoms with Crippen LogP contribution in [-0.4, -0.2) is 12.7 Å². The molecule has 6 heteroatoms. The average molecular weight is 405 g/mol. The van der Waals surface area contributed by atoms with Gasteiger partial charge in [0.25, 0.3) is 0 Å². The molecule has 0 amide bonds. The highest BCUT2D eigenvalue weighted by Gasteiger charge is 2.15. The highest BCUT2D eigenvalue weighted by atomic mass is 32.1. The van der Waals surface area contributed by atoms with Crippen LogP contribution in [0.15, 0.2) is 54.6 Å². The number of thiophene rings is 1. The molecule has 0 bridgehead atoms. The molecule has 2 aromatic carbocycles. The summed E-state index contributed by atoms with van der Waals surface area (Å²) >= 11 is 1.82. The summed E-state index contributed by atoms with van der Waals surface area (Å²) in [4.78, 5) is 2.60. The predicted octanol–water partition coefficient (Wildman–Crippen LogP) is 6.84. The summed E-state index contributed by atoms with van der Waals surface area (Å²) in [5.74, 6) is 0.958. The van der Waals surface area contributed by atoms with Crippen LogP contribution in [0, 0.1) is 6.92 Å². The number of hydrogen-bond donors (Lipinski definition) is 1. The van der Waals surface area contributed by atoms with Gasteiger partial charge >= 0.3 is 6.18 Å². The third kappa shape index (κ3) is 5.76.